The zero-order chi connectivity index (χ0) is 20.2. The summed E-state index contributed by atoms with van der Waals surface area (Å²) < 4.78 is 0. The number of nitrogens with two attached hydrogens (primary N) is 1. The number of rotatable bonds is 4. The highest BCUT2D eigenvalue weighted by Gasteiger charge is 2.18. The van der Waals surface area contributed by atoms with Crippen molar-refractivity contribution in [1.82, 2.24) is 14.9 Å². The number of carbonyl (C=O) groups excluding carboxylic acids is 1. The summed E-state index contributed by atoms with van der Waals surface area (Å²) in [5.74, 6) is 2.60. The number of anilines is 3. The zero-order valence-corrected chi connectivity index (χ0v) is 17.1. The lowest BCUT2D eigenvalue weighted by Gasteiger charge is -2.26. The Bertz CT molecular complexity index is 1020. The van der Waals surface area contributed by atoms with Gasteiger partial charge in [0.05, 0.1) is 5.69 Å². The van der Waals surface area contributed by atoms with E-state index in [1.165, 1.54) is 0 Å². The van der Waals surface area contributed by atoms with Crippen LogP contribution in [0.4, 0.5) is 17.3 Å². The van der Waals surface area contributed by atoms with E-state index in [0.29, 0.717) is 11.5 Å². The Morgan fingerprint density at radius 1 is 1.10 bits per heavy atom. The van der Waals surface area contributed by atoms with Crippen molar-refractivity contribution in [2.24, 2.45) is 0 Å². The predicted molar refractivity (Wildman–Crippen MR) is 120 cm³/mol. The number of nitrogens with one attached hydrogen (secondary N) is 1. The van der Waals surface area contributed by atoms with E-state index in [1.54, 1.807) is 6.20 Å². The number of carbonyl (C=O) groups is 1. The first-order valence-electron chi connectivity index (χ1n) is 9.54. The molecule has 0 atom stereocenters. The number of nitrogen functional groups attached to an aromatic ring is 1. The molecular weight excluding hydrogens is 382 g/mol. The van der Waals surface area contributed by atoms with Crippen molar-refractivity contribution in [3.63, 3.8) is 0 Å². The van der Waals surface area contributed by atoms with Gasteiger partial charge in [-0.3, -0.25) is 4.79 Å². The standard InChI is InChI=1S/C22H23N5OS/c1-15-18(3-2-4-19(15)23)20-9-10-24-22(26-20)25-17-7-5-16(6-8-17)21(28)27-11-13-29-14-12-27/h2-10H,11-14,23H2,1H3,(H,24,25,26). The Balaban J connectivity index is 1.49. The van der Waals surface area contributed by atoms with E-state index >= 15 is 0 Å². The van der Waals surface area contributed by atoms with Gasteiger partial charge in [-0.15, -0.1) is 0 Å². The maximum absolute atomic E-state index is 12.6. The number of aromatic nitrogens is 2. The summed E-state index contributed by atoms with van der Waals surface area (Å²) in [7, 11) is 0. The summed E-state index contributed by atoms with van der Waals surface area (Å²) >= 11 is 1.89. The van der Waals surface area contributed by atoms with Crippen molar-refractivity contribution < 1.29 is 4.79 Å². The molecule has 1 aromatic heterocycles. The van der Waals surface area contributed by atoms with E-state index in [9.17, 15) is 4.79 Å². The van der Waals surface area contributed by atoms with Gasteiger partial charge in [0, 0.05) is 53.3 Å². The second-order valence-corrected chi connectivity index (χ2v) is 8.12. The Labute approximate surface area is 174 Å². The van der Waals surface area contributed by atoms with E-state index in [4.69, 9.17) is 5.73 Å². The maximum Gasteiger partial charge on any atom is 0.253 e. The molecule has 1 amide bonds. The van der Waals surface area contributed by atoms with Crippen molar-refractivity contribution in [3.8, 4) is 11.3 Å². The number of hydrogen-bond donors (Lipinski definition) is 2. The summed E-state index contributed by atoms with van der Waals surface area (Å²) in [6.07, 6.45) is 1.72. The third kappa shape index (κ3) is 4.35. The van der Waals surface area contributed by atoms with Gasteiger partial charge in [0.25, 0.3) is 5.91 Å². The van der Waals surface area contributed by atoms with E-state index in [0.717, 1.165) is 52.8 Å². The molecule has 3 N–H and O–H groups in total. The lowest BCUT2D eigenvalue weighted by molar-refractivity contribution is 0.0772. The van der Waals surface area contributed by atoms with Crippen LogP contribution in [-0.4, -0.2) is 45.4 Å². The monoisotopic (exact) mass is 405 g/mol. The van der Waals surface area contributed by atoms with Gasteiger partial charge in [-0.2, -0.15) is 11.8 Å². The predicted octanol–water partition coefficient (Wildman–Crippen LogP) is 3.97. The number of thioether (sulfide) groups is 1. The minimum absolute atomic E-state index is 0.0900. The van der Waals surface area contributed by atoms with Crippen LogP contribution in [0, 0.1) is 6.92 Å². The van der Waals surface area contributed by atoms with E-state index in [-0.39, 0.29) is 5.91 Å². The molecule has 29 heavy (non-hydrogen) atoms. The molecule has 3 aromatic rings. The molecular formula is C22H23N5OS. The molecule has 7 heteroatoms. The first kappa shape index (κ1) is 19.3. The number of amides is 1. The summed E-state index contributed by atoms with van der Waals surface area (Å²) in [6.45, 7) is 3.61. The maximum atomic E-state index is 12.6. The smallest absolute Gasteiger partial charge is 0.253 e. The van der Waals surface area contributed by atoms with Crippen molar-refractivity contribution >= 4 is 35.0 Å². The van der Waals surface area contributed by atoms with Gasteiger partial charge < -0.3 is 16.0 Å². The van der Waals surface area contributed by atoms with Gasteiger partial charge in [0.15, 0.2) is 0 Å². The Hall–Kier alpha value is -3.06. The normalized spacial score (nSPS) is 13.9. The molecule has 1 aliphatic rings. The molecule has 2 aromatic carbocycles. The molecule has 0 spiro atoms. The Kier molecular flexibility index (Phi) is 5.67. The molecule has 2 heterocycles. The number of nitrogens with zero attached hydrogens (tertiary/aromatic N) is 3. The largest absolute Gasteiger partial charge is 0.398 e. The molecule has 148 valence electrons. The first-order chi connectivity index (χ1) is 14.1. The summed E-state index contributed by atoms with van der Waals surface area (Å²) in [6, 6.07) is 15.1. The van der Waals surface area contributed by atoms with Gasteiger partial charge >= 0.3 is 0 Å². The average molecular weight is 406 g/mol. The molecule has 0 aliphatic carbocycles. The van der Waals surface area contributed by atoms with Gasteiger partial charge in [-0.25, -0.2) is 9.97 Å². The topological polar surface area (TPSA) is 84.1 Å². The molecule has 1 aliphatic heterocycles. The molecule has 1 saturated heterocycles. The minimum atomic E-state index is 0.0900. The van der Waals surface area contributed by atoms with Crippen molar-refractivity contribution in [3.05, 3.63) is 65.9 Å². The second-order valence-electron chi connectivity index (χ2n) is 6.89. The van der Waals surface area contributed by atoms with Gasteiger partial charge in [0.2, 0.25) is 5.95 Å². The first-order valence-corrected chi connectivity index (χ1v) is 10.7. The van der Waals surface area contributed by atoms with Gasteiger partial charge in [-0.05, 0) is 48.9 Å². The third-order valence-corrected chi connectivity index (χ3v) is 5.94. The van der Waals surface area contributed by atoms with Crippen LogP contribution in [0.5, 0.6) is 0 Å². The summed E-state index contributed by atoms with van der Waals surface area (Å²) in [5, 5.41) is 3.21. The molecule has 0 unspecified atom stereocenters. The fourth-order valence-corrected chi connectivity index (χ4v) is 4.18. The minimum Gasteiger partial charge on any atom is -0.398 e. The van der Waals surface area contributed by atoms with Gasteiger partial charge in [-0.1, -0.05) is 12.1 Å². The zero-order valence-electron chi connectivity index (χ0n) is 16.3. The molecule has 0 bridgehead atoms. The van der Waals surface area contributed by atoms with E-state index in [2.05, 4.69) is 15.3 Å². The highest BCUT2D eigenvalue weighted by atomic mass is 32.2. The quantitative estimate of drug-likeness (QED) is 0.639. The molecule has 4 rings (SSSR count). The number of hydrogen-bond acceptors (Lipinski definition) is 6. The molecule has 6 nitrogen and oxygen atoms in total. The molecule has 1 fully saturated rings. The van der Waals surface area contributed by atoms with Crippen LogP contribution >= 0.6 is 11.8 Å². The molecule has 0 saturated carbocycles. The van der Waals surface area contributed by atoms with Crippen molar-refractivity contribution in [1.29, 1.82) is 0 Å². The lowest BCUT2D eigenvalue weighted by Crippen LogP contribution is -2.37. The van der Waals surface area contributed by atoms with Gasteiger partial charge in [0.1, 0.15) is 0 Å². The van der Waals surface area contributed by atoms with E-state index < -0.39 is 0 Å². The van der Waals surface area contributed by atoms with Crippen LogP contribution in [-0.2, 0) is 0 Å². The Morgan fingerprint density at radius 3 is 2.62 bits per heavy atom. The second kappa shape index (κ2) is 8.53. The van der Waals surface area contributed by atoms with Crippen LogP contribution in [0.1, 0.15) is 15.9 Å². The highest BCUT2D eigenvalue weighted by Crippen LogP contribution is 2.26. The fraction of sp³-hybridized carbons (Fsp3) is 0.227. The lowest BCUT2D eigenvalue weighted by atomic mass is 10.0. The summed E-state index contributed by atoms with van der Waals surface area (Å²) in [5.41, 5.74) is 11.1. The van der Waals surface area contributed by atoms with Crippen LogP contribution in [0.15, 0.2) is 54.7 Å². The Morgan fingerprint density at radius 2 is 1.86 bits per heavy atom. The molecule has 0 radical (unpaired) electrons. The van der Waals surface area contributed by atoms with E-state index in [1.807, 2.05) is 72.1 Å². The fourth-order valence-electron chi connectivity index (χ4n) is 3.27. The van der Waals surface area contributed by atoms with Crippen LogP contribution in [0.2, 0.25) is 0 Å². The van der Waals surface area contributed by atoms with Crippen LogP contribution in [0.3, 0.4) is 0 Å². The third-order valence-electron chi connectivity index (χ3n) is 4.99. The van der Waals surface area contributed by atoms with Crippen LogP contribution < -0.4 is 11.1 Å². The van der Waals surface area contributed by atoms with Crippen LogP contribution in [0.25, 0.3) is 11.3 Å². The summed E-state index contributed by atoms with van der Waals surface area (Å²) in [4.78, 5) is 23.4. The highest BCUT2D eigenvalue weighted by molar-refractivity contribution is 7.99. The van der Waals surface area contributed by atoms with Crippen molar-refractivity contribution in [2.75, 3.05) is 35.6 Å². The average Bonchev–Trinajstić information content (AvgIpc) is 2.76. The number of benzene rings is 2. The van der Waals surface area contributed by atoms with Crippen molar-refractivity contribution in [2.45, 2.75) is 6.92 Å². The SMILES string of the molecule is Cc1c(N)cccc1-c1ccnc(Nc2ccc(C(=O)N3CCSCC3)cc2)n1.